The normalized spacial score (nSPS) is 9.23. The van der Waals surface area contributed by atoms with Crippen LogP contribution < -0.4 is 0 Å². The van der Waals surface area contributed by atoms with Crippen LogP contribution in [-0.2, 0) is 0 Å². The van der Waals surface area contributed by atoms with Crippen LogP contribution in [0.3, 0.4) is 0 Å². The second-order valence-electron chi connectivity index (χ2n) is 15.8. The van der Waals surface area contributed by atoms with Crippen molar-refractivity contribution < 1.29 is 59.4 Å². The van der Waals surface area contributed by atoms with E-state index in [4.69, 9.17) is 0 Å². The molecule has 0 aliphatic heterocycles. The second-order valence-corrected chi connectivity index (χ2v) is 15.8. The number of aromatic carboxylic acids is 6. The van der Waals surface area contributed by atoms with Crippen molar-refractivity contribution in [3.8, 4) is 107 Å². The lowest BCUT2D eigenvalue weighted by molar-refractivity contribution is 0.0675. The van der Waals surface area contributed by atoms with Crippen molar-refractivity contribution in [2.24, 2.45) is 0 Å². The monoisotopic (exact) mass is 1010 g/mol. The molecule has 0 aliphatic carbocycles. The Morgan fingerprint density at radius 1 is 0.218 bits per heavy atom. The molecule has 0 unspecified atom stereocenters. The molecule has 7 aromatic rings. The SMILES string of the molecule is O=C(O)c1cccc(C(=O)O)c1C#CC#Cc1ccc(C#Cc2cc(C#Cc3ccc(C#CC#Cc4c(C(=O)O)cccc4C(=O)O)cc3)cc(C#Cc3ccc(C#CC#Cc4c(C(=O)O)cccc4C(=O)O)cc3)c2)cc1. The van der Waals surface area contributed by atoms with Crippen LogP contribution in [0.4, 0.5) is 0 Å². The van der Waals surface area contributed by atoms with Gasteiger partial charge in [-0.3, -0.25) is 0 Å². The fraction of sp³-hybridized carbons (Fsp3) is 0. The minimum Gasteiger partial charge on any atom is -0.478 e. The maximum absolute atomic E-state index is 11.7. The summed E-state index contributed by atoms with van der Waals surface area (Å²) in [5.74, 6) is 42.7. The van der Waals surface area contributed by atoms with Gasteiger partial charge in [-0.25, -0.2) is 28.8 Å². The first kappa shape index (κ1) is 53.2. The molecule has 6 N–H and O–H groups in total. The Kier molecular flexibility index (Phi) is 17.2. The molecule has 7 aromatic carbocycles. The fourth-order valence-corrected chi connectivity index (χ4v) is 6.91. The third-order valence-corrected chi connectivity index (χ3v) is 10.6. The van der Waals surface area contributed by atoms with Gasteiger partial charge in [0.1, 0.15) is 0 Å². The summed E-state index contributed by atoms with van der Waals surface area (Å²) in [5.41, 5.74) is 3.45. The van der Waals surface area contributed by atoms with Crippen molar-refractivity contribution in [3.05, 3.63) is 246 Å². The maximum atomic E-state index is 11.7. The molecule has 0 spiro atoms. The Hall–Kier alpha value is -12.6. The number of carbonyl (C=O) groups is 6. The molecule has 0 atom stereocenters. The number of benzene rings is 7. The smallest absolute Gasteiger partial charge is 0.336 e. The van der Waals surface area contributed by atoms with Crippen LogP contribution in [0.5, 0.6) is 0 Å². The van der Waals surface area contributed by atoms with Gasteiger partial charge in [0.15, 0.2) is 0 Å². The van der Waals surface area contributed by atoms with Gasteiger partial charge in [0, 0.05) is 50.1 Å². The van der Waals surface area contributed by atoms with Crippen molar-refractivity contribution in [1.82, 2.24) is 0 Å². The van der Waals surface area contributed by atoms with Gasteiger partial charge in [0.2, 0.25) is 0 Å². The van der Waals surface area contributed by atoms with Crippen LogP contribution >= 0.6 is 0 Å². The first-order valence-corrected chi connectivity index (χ1v) is 22.5. The summed E-state index contributed by atoms with van der Waals surface area (Å²) in [5, 5.41) is 57.0. The molecule has 0 bridgehead atoms. The molecule has 78 heavy (non-hydrogen) atoms. The van der Waals surface area contributed by atoms with Gasteiger partial charge in [0.05, 0.1) is 50.1 Å². The zero-order valence-electron chi connectivity index (χ0n) is 40.0. The van der Waals surface area contributed by atoms with Crippen molar-refractivity contribution in [3.63, 3.8) is 0 Å². The molecule has 12 heteroatoms. The van der Waals surface area contributed by atoms with Gasteiger partial charge in [0.25, 0.3) is 0 Å². The first-order valence-electron chi connectivity index (χ1n) is 22.5. The molecular weight excluding hydrogens is 985 g/mol. The summed E-state index contributed by atoms with van der Waals surface area (Å²) in [4.78, 5) is 70.0. The lowest BCUT2D eigenvalue weighted by Gasteiger charge is -2.02. The van der Waals surface area contributed by atoms with Crippen LogP contribution in [0.1, 0.15) is 129 Å². The Labute approximate surface area is 445 Å². The molecule has 0 fully saturated rings. The van der Waals surface area contributed by atoms with E-state index in [1.165, 1.54) is 54.6 Å². The van der Waals surface area contributed by atoms with E-state index in [2.05, 4.69) is 107 Å². The number of carboxylic acids is 6. The average molecular weight is 1010 g/mol. The molecule has 0 radical (unpaired) electrons. The number of rotatable bonds is 6. The molecule has 0 aromatic heterocycles. The Bertz CT molecular complexity index is 3750. The Balaban J connectivity index is 1.13. The van der Waals surface area contributed by atoms with Gasteiger partial charge in [-0.1, -0.05) is 89.2 Å². The van der Waals surface area contributed by atoms with Crippen LogP contribution in [-0.4, -0.2) is 66.5 Å². The molecule has 0 amide bonds. The summed E-state index contributed by atoms with van der Waals surface area (Å²) >= 11 is 0. The lowest BCUT2D eigenvalue weighted by atomic mass is 10.0. The summed E-state index contributed by atoms with van der Waals surface area (Å²) in [6.07, 6.45) is 0. The Morgan fingerprint density at radius 3 is 0.577 bits per heavy atom. The highest BCUT2D eigenvalue weighted by Gasteiger charge is 2.19. The minimum absolute atomic E-state index is 0.155. The van der Waals surface area contributed by atoms with E-state index >= 15 is 0 Å². The second kappa shape index (κ2) is 25.2. The average Bonchev–Trinajstić information content (AvgIpc) is 3.43. The zero-order chi connectivity index (χ0) is 55.6. The Morgan fingerprint density at radius 2 is 0.385 bits per heavy atom. The van der Waals surface area contributed by atoms with Gasteiger partial charge in [-0.15, -0.1) is 0 Å². The standard InChI is InChI=1S/C66H30O12/c67-61(68)55-16-7-17-56(62(69)70)52(55)13-4-1-10-43-22-28-46(29-23-43)34-37-49-40-50(38-35-47-30-24-44(25-31-47)11-2-5-14-53-57(63(71)72)18-8-19-58(53)64(73)74)42-51(41-49)39-36-48-32-26-45(27-33-48)12-3-6-15-54-59(65(75)76)20-9-21-60(54)66(77)78/h7-9,16-33,40-42H,(H,67,68)(H,69,70)(H,71,72)(H,73,74)(H,75,76)(H,77,78). The topological polar surface area (TPSA) is 224 Å². The largest absolute Gasteiger partial charge is 0.478 e. The highest BCUT2D eigenvalue weighted by atomic mass is 16.4. The molecule has 12 nitrogen and oxygen atoms in total. The summed E-state index contributed by atoms with van der Waals surface area (Å²) in [6, 6.07) is 37.8. The highest BCUT2D eigenvalue weighted by Crippen LogP contribution is 2.18. The fourth-order valence-electron chi connectivity index (χ4n) is 6.91. The highest BCUT2D eigenvalue weighted by molar-refractivity contribution is 6.00. The van der Waals surface area contributed by atoms with Crippen molar-refractivity contribution in [2.45, 2.75) is 0 Å². The summed E-state index contributed by atoms with van der Waals surface area (Å²) in [7, 11) is 0. The number of hydrogen-bond donors (Lipinski definition) is 6. The summed E-state index contributed by atoms with van der Waals surface area (Å²) in [6.45, 7) is 0. The third kappa shape index (κ3) is 14.3. The van der Waals surface area contributed by atoms with E-state index in [1.807, 2.05) is 0 Å². The predicted molar refractivity (Wildman–Crippen MR) is 286 cm³/mol. The predicted octanol–water partition coefficient (Wildman–Crippen LogP) is 8.28. The maximum Gasteiger partial charge on any atom is 0.336 e. The van der Waals surface area contributed by atoms with Crippen LogP contribution in [0.15, 0.2) is 146 Å². The molecular formula is C66H30O12. The zero-order valence-corrected chi connectivity index (χ0v) is 40.0. The molecule has 0 aliphatic rings. The van der Waals surface area contributed by atoms with E-state index < -0.39 is 35.8 Å². The molecule has 0 saturated heterocycles. The van der Waals surface area contributed by atoms with E-state index in [1.54, 1.807) is 91.0 Å². The van der Waals surface area contributed by atoms with E-state index in [0.29, 0.717) is 50.1 Å². The van der Waals surface area contributed by atoms with Crippen LogP contribution in [0, 0.1) is 107 Å². The van der Waals surface area contributed by atoms with Crippen molar-refractivity contribution in [2.75, 3.05) is 0 Å². The van der Waals surface area contributed by atoms with Gasteiger partial charge in [-0.05, 0) is 163 Å². The molecule has 0 heterocycles. The third-order valence-electron chi connectivity index (χ3n) is 10.6. The van der Waals surface area contributed by atoms with E-state index in [9.17, 15) is 59.4 Å². The van der Waals surface area contributed by atoms with Gasteiger partial charge in [-0.2, -0.15) is 0 Å². The van der Waals surface area contributed by atoms with Gasteiger partial charge < -0.3 is 30.6 Å². The van der Waals surface area contributed by atoms with Crippen molar-refractivity contribution >= 4 is 35.8 Å². The first-order chi connectivity index (χ1) is 37.6. The van der Waals surface area contributed by atoms with Crippen LogP contribution in [0.25, 0.3) is 0 Å². The molecule has 366 valence electrons. The van der Waals surface area contributed by atoms with E-state index in [0.717, 1.165) is 0 Å². The number of hydrogen-bond acceptors (Lipinski definition) is 6. The summed E-state index contributed by atoms with van der Waals surface area (Å²) < 4.78 is 0. The molecule has 7 rings (SSSR count). The van der Waals surface area contributed by atoms with E-state index in [-0.39, 0.29) is 50.1 Å². The van der Waals surface area contributed by atoms with Crippen molar-refractivity contribution in [1.29, 1.82) is 0 Å². The minimum atomic E-state index is -1.32. The van der Waals surface area contributed by atoms with Gasteiger partial charge >= 0.3 is 35.8 Å². The molecule has 0 saturated carbocycles. The van der Waals surface area contributed by atoms with Crippen LogP contribution in [0.2, 0.25) is 0 Å². The quantitative estimate of drug-likeness (QED) is 0.0866. The lowest BCUT2D eigenvalue weighted by Crippen LogP contribution is -2.07. The number of carboxylic acid groups (broad SMARTS) is 6.